The second-order valence-corrected chi connectivity index (χ2v) is 6.68. The van der Waals surface area contributed by atoms with Crippen molar-refractivity contribution in [2.24, 2.45) is 0 Å². The van der Waals surface area contributed by atoms with Gasteiger partial charge in [0.25, 0.3) is 0 Å². The first-order valence-electron chi connectivity index (χ1n) is 8.47. The first-order chi connectivity index (χ1) is 12.5. The predicted octanol–water partition coefficient (Wildman–Crippen LogP) is 2.57. The van der Waals surface area contributed by atoms with E-state index in [2.05, 4.69) is 16.2 Å². The summed E-state index contributed by atoms with van der Waals surface area (Å²) in [5.74, 6) is 0.633. The second kappa shape index (κ2) is 6.07. The number of imidazole rings is 1. The molecule has 1 aromatic carbocycles. The number of nitriles is 1. The number of anilines is 1. The van der Waals surface area contributed by atoms with Crippen molar-refractivity contribution in [1.29, 1.82) is 5.26 Å². The van der Waals surface area contributed by atoms with Gasteiger partial charge in [0.2, 0.25) is 0 Å². The Kier molecular flexibility index (Phi) is 3.85. The number of hydrogen-bond acceptors (Lipinski definition) is 5. The first-order valence-corrected chi connectivity index (χ1v) is 8.47. The Labute approximate surface area is 150 Å². The molecule has 0 amide bonds. The summed E-state index contributed by atoms with van der Waals surface area (Å²) < 4.78 is 16.4. The van der Waals surface area contributed by atoms with Crippen LogP contribution in [-0.2, 0) is 0 Å². The van der Waals surface area contributed by atoms with Gasteiger partial charge in [-0.3, -0.25) is 0 Å². The molecule has 2 unspecified atom stereocenters. The van der Waals surface area contributed by atoms with Gasteiger partial charge in [0.15, 0.2) is 11.3 Å². The van der Waals surface area contributed by atoms with Gasteiger partial charge < -0.3 is 10.0 Å². The Morgan fingerprint density at radius 1 is 1.35 bits per heavy atom. The van der Waals surface area contributed by atoms with Crippen molar-refractivity contribution in [3.05, 3.63) is 48.2 Å². The van der Waals surface area contributed by atoms with Crippen LogP contribution in [-0.4, -0.2) is 44.6 Å². The van der Waals surface area contributed by atoms with Crippen molar-refractivity contribution in [3.63, 3.8) is 0 Å². The van der Waals surface area contributed by atoms with E-state index >= 15 is 0 Å². The maximum Gasteiger partial charge on any atom is 0.155 e. The normalized spacial score (nSPS) is 21.1. The van der Waals surface area contributed by atoms with Crippen molar-refractivity contribution < 1.29 is 9.50 Å². The summed E-state index contributed by atoms with van der Waals surface area (Å²) in [7, 11) is 0. The lowest BCUT2D eigenvalue weighted by molar-refractivity contribution is 0.0192. The number of hydrogen-bond donors (Lipinski definition) is 1. The molecule has 0 aliphatic carbocycles. The summed E-state index contributed by atoms with van der Waals surface area (Å²) in [4.78, 5) is 6.20. The number of fused-ring (bicyclic) bond motifs is 1. The van der Waals surface area contributed by atoms with E-state index in [9.17, 15) is 9.50 Å². The van der Waals surface area contributed by atoms with Crippen molar-refractivity contribution in [2.45, 2.75) is 25.1 Å². The zero-order chi connectivity index (χ0) is 18.3. The van der Waals surface area contributed by atoms with Crippen LogP contribution in [0, 0.1) is 11.3 Å². The van der Waals surface area contributed by atoms with E-state index in [-0.39, 0.29) is 13.0 Å². The first kappa shape index (κ1) is 16.5. The van der Waals surface area contributed by atoms with Gasteiger partial charge in [-0.2, -0.15) is 5.26 Å². The van der Waals surface area contributed by atoms with Gasteiger partial charge in [-0.15, -0.1) is 5.10 Å². The molecule has 1 N–H and O–H groups in total. The van der Waals surface area contributed by atoms with Crippen molar-refractivity contribution in [2.75, 3.05) is 18.0 Å². The third kappa shape index (κ3) is 2.68. The quantitative estimate of drug-likeness (QED) is 0.785. The molecule has 1 aliphatic rings. The maximum absolute atomic E-state index is 14.7. The summed E-state index contributed by atoms with van der Waals surface area (Å²) >= 11 is 0. The van der Waals surface area contributed by atoms with Crippen molar-refractivity contribution >= 4 is 11.5 Å². The molecule has 1 aliphatic heterocycles. The lowest BCUT2D eigenvalue weighted by Gasteiger charge is -2.23. The molecule has 132 valence electrons. The van der Waals surface area contributed by atoms with Crippen LogP contribution in [0.5, 0.6) is 0 Å². The molecule has 3 heterocycles. The average Bonchev–Trinajstić information content (AvgIpc) is 3.26. The summed E-state index contributed by atoms with van der Waals surface area (Å²) in [6.07, 6.45) is 0.960. The van der Waals surface area contributed by atoms with E-state index in [4.69, 9.17) is 5.26 Å². The molecule has 1 saturated heterocycles. The van der Waals surface area contributed by atoms with E-state index < -0.39 is 11.8 Å². The third-order valence-electron chi connectivity index (χ3n) is 4.96. The van der Waals surface area contributed by atoms with E-state index in [1.807, 2.05) is 29.2 Å². The standard InChI is InChI=1S/C19H18FN5O/c1-13(26)19(20)7-8-24(12-19)18-6-5-17-22-11-16(25(17)23-18)15-4-2-3-14(9-15)10-21/h2-6,9,11,13,26H,7-8,12H2,1H3. The molecule has 0 bridgehead atoms. The summed E-state index contributed by atoms with van der Waals surface area (Å²) in [6, 6.07) is 13.0. The molecule has 4 rings (SSSR count). The van der Waals surface area contributed by atoms with Gasteiger partial charge in [0.1, 0.15) is 5.82 Å². The highest BCUT2D eigenvalue weighted by Gasteiger charge is 2.43. The van der Waals surface area contributed by atoms with Gasteiger partial charge in [-0.25, -0.2) is 13.9 Å². The Hall–Kier alpha value is -2.98. The summed E-state index contributed by atoms with van der Waals surface area (Å²) in [6.45, 7) is 2.08. The van der Waals surface area contributed by atoms with Crippen LogP contribution in [0.2, 0.25) is 0 Å². The minimum atomic E-state index is -1.62. The van der Waals surface area contributed by atoms with Crippen molar-refractivity contribution in [1.82, 2.24) is 14.6 Å². The van der Waals surface area contributed by atoms with Crippen LogP contribution >= 0.6 is 0 Å². The van der Waals surface area contributed by atoms with Gasteiger partial charge in [0.05, 0.1) is 36.2 Å². The molecule has 0 radical (unpaired) electrons. The third-order valence-corrected chi connectivity index (χ3v) is 4.96. The average molecular weight is 351 g/mol. The monoisotopic (exact) mass is 351 g/mol. The Morgan fingerprint density at radius 3 is 2.92 bits per heavy atom. The molecule has 2 aromatic heterocycles. The lowest BCUT2D eigenvalue weighted by Crippen LogP contribution is -2.39. The minimum absolute atomic E-state index is 0.108. The fraction of sp³-hybridized carbons (Fsp3) is 0.316. The molecule has 7 heteroatoms. The molecular formula is C19H18FN5O. The number of rotatable bonds is 3. The highest BCUT2D eigenvalue weighted by Crippen LogP contribution is 2.32. The predicted molar refractivity (Wildman–Crippen MR) is 95.5 cm³/mol. The van der Waals surface area contributed by atoms with Gasteiger partial charge in [0, 0.05) is 18.5 Å². The van der Waals surface area contributed by atoms with Crippen LogP contribution in [0.25, 0.3) is 16.9 Å². The van der Waals surface area contributed by atoms with Gasteiger partial charge >= 0.3 is 0 Å². The maximum atomic E-state index is 14.7. The molecule has 1 fully saturated rings. The Morgan fingerprint density at radius 2 is 2.19 bits per heavy atom. The topological polar surface area (TPSA) is 77.5 Å². The van der Waals surface area contributed by atoms with Gasteiger partial charge in [-0.1, -0.05) is 12.1 Å². The molecule has 2 atom stereocenters. The molecule has 6 nitrogen and oxygen atoms in total. The van der Waals surface area contributed by atoms with Crippen LogP contribution in [0.4, 0.5) is 10.2 Å². The largest absolute Gasteiger partial charge is 0.390 e. The molecule has 0 spiro atoms. The molecular weight excluding hydrogens is 333 g/mol. The minimum Gasteiger partial charge on any atom is -0.390 e. The zero-order valence-corrected chi connectivity index (χ0v) is 14.3. The molecule has 3 aromatic rings. The van der Waals surface area contributed by atoms with Crippen LogP contribution in [0.15, 0.2) is 42.6 Å². The van der Waals surface area contributed by atoms with Crippen LogP contribution in [0.3, 0.4) is 0 Å². The SMILES string of the molecule is CC(O)C1(F)CCN(c2ccc3ncc(-c4cccc(C#N)c4)n3n2)C1. The smallest absolute Gasteiger partial charge is 0.155 e. The van der Waals surface area contributed by atoms with Crippen LogP contribution < -0.4 is 4.90 Å². The van der Waals surface area contributed by atoms with Crippen molar-refractivity contribution in [3.8, 4) is 17.3 Å². The Bertz CT molecular complexity index is 1010. The summed E-state index contributed by atoms with van der Waals surface area (Å²) in [5.41, 5.74) is 1.22. The fourth-order valence-electron chi connectivity index (χ4n) is 3.31. The number of alkyl halides is 1. The lowest BCUT2D eigenvalue weighted by atomic mass is 10.00. The number of benzene rings is 1. The number of aromatic nitrogens is 3. The number of aliphatic hydroxyl groups excluding tert-OH is 1. The Balaban J connectivity index is 1.73. The highest BCUT2D eigenvalue weighted by atomic mass is 19.1. The van der Waals surface area contributed by atoms with Crippen LogP contribution in [0.1, 0.15) is 18.9 Å². The number of nitrogens with zero attached hydrogens (tertiary/aromatic N) is 5. The second-order valence-electron chi connectivity index (χ2n) is 6.68. The summed E-state index contributed by atoms with van der Waals surface area (Å²) in [5, 5.41) is 23.4. The fourth-order valence-corrected chi connectivity index (χ4v) is 3.31. The van der Waals surface area contributed by atoms with Gasteiger partial charge in [-0.05, 0) is 31.2 Å². The molecule has 0 saturated carbocycles. The zero-order valence-electron chi connectivity index (χ0n) is 14.3. The number of halogens is 1. The highest BCUT2D eigenvalue weighted by molar-refractivity contribution is 5.65. The van der Waals surface area contributed by atoms with E-state index in [1.54, 1.807) is 22.8 Å². The molecule has 26 heavy (non-hydrogen) atoms. The van der Waals surface area contributed by atoms with E-state index in [0.717, 1.165) is 11.3 Å². The number of aliphatic hydroxyl groups is 1. The van der Waals surface area contributed by atoms with E-state index in [0.29, 0.717) is 23.6 Å². The van der Waals surface area contributed by atoms with E-state index in [1.165, 1.54) is 6.92 Å².